The molecule has 0 saturated heterocycles. The Balaban J connectivity index is 2.42. The molecule has 0 saturated carbocycles. The van der Waals surface area contributed by atoms with Gasteiger partial charge in [0.2, 0.25) is 0 Å². The minimum absolute atomic E-state index is 0.282. The standard InChI is InChI=1S/C12H15BrO2S/c1-15-12(14)10-4-6-11(7-5-10)16-9-3-2-8-13/h4-7H,2-3,8-9H2,1H3. The summed E-state index contributed by atoms with van der Waals surface area (Å²) in [5.74, 6) is 0.833. The lowest BCUT2D eigenvalue weighted by molar-refractivity contribution is 0.0600. The zero-order valence-electron chi connectivity index (χ0n) is 9.24. The first-order chi connectivity index (χ1) is 7.77. The van der Waals surface area contributed by atoms with Crippen molar-refractivity contribution in [2.45, 2.75) is 17.7 Å². The first-order valence-electron chi connectivity index (χ1n) is 5.15. The third-order valence-corrected chi connectivity index (χ3v) is 3.73. The molecule has 16 heavy (non-hydrogen) atoms. The number of alkyl halides is 1. The van der Waals surface area contributed by atoms with Gasteiger partial charge in [0.15, 0.2) is 0 Å². The van der Waals surface area contributed by atoms with Crippen LogP contribution in [-0.2, 0) is 4.74 Å². The number of carbonyl (C=O) groups excluding carboxylic acids is 1. The van der Waals surface area contributed by atoms with Crippen LogP contribution in [0.3, 0.4) is 0 Å². The van der Waals surface area contributed by atoms with Gasteiger partial charge < -0.3 is 4.74 Å². The summed E-state index contributed by atoms with van der Waals surface area (Å²) in [5.41, 5.74) is 0.604. The molecule has 0 aliphatic rings. The number of benzene rings is 1. The second-order valence-corrected chi connectivity index (χ2v) is 5.22. The predicted octanol–water partition coefficient (Wildman–Crippen LogP) is 3.74. The molecule has 0 bridgehead atoms. The van der Waals surface area contributed by atoms with Gasteiger partial charge in [-0.3, -0.25) is 0 Å². The van der Waals surface area contributed by atoms with E-state index in [1.54, 1.807) is 12.1 Å². The monoisotopic (exact) mass is 302 g/mol. The van der Waals surface area contributed by atoms with Crippen molar-refractivity contribution < 1.29 is 9.53 Å². The number of methoxy groups -OCH3 is 1. The highest BCUT2D eigenvalue weighted by molar-refractivity contribution is 9.09. The summed E-state index contributed by atoms with van der Waals surface area (Å²) >= 11 is 5.22. The van der Waals surface area contributed by atoms with Crippen molar-refractivity contribution in [2.75, 3.05) is 18.2 Å². The zero-order chi connectivity index (χ0) is 11.8. The number of unbranched alkanes of at least 4 members (excludes halogenated alkanes) is 1. The summed E-state index contributed by atoms with van der Waals surface area (Å²) in [5, 5.41) is 1.06. The van der Waals surface area contributed by atoms with Crippen LogP contribution in [-0.4, -0.2) is 24.2 Å². The van der Waals surface area contributed by atoms with Crippen molar-refractivity contribution in [2.24, 2.45) is 0 Å². The van der Waals surface area contributed by atoms with Crippen LogP contribution in [0.2, 0.25) is 0 Å². The summed E-state index contributed by atoms with van der Waals surface area (Å²) in [6, 6.07) is 7.54. The Kier molecular flexibility index (Phi) is 6.57. The maximum atomic E-state index is 11.2. The predicted molar refractivity (Wildman–Crippen MR) is 71.5 cm³/mol. The molecule has 4 heteroatoms. The largest absolute Gasteiger partial charge is 0.465 e. The first-order valence-corrected chi connectivity index (χ1v) is 7.25. The van der Waals surface area contributed by atoms with Crippen LogP contribution in [0.4, 0.5) is 0 Å². The van der Waals surface area contributed by atoms with E-state index in [0.717, 1.165) is 11.1 Å². The number of esters is 1. The van der Waals surface area contributed by atoms with Crippen LogP contribution in [0.5, 0.6) is 0 Å². The Hall–Kier alpha value is -0.480. The lowest BCUT2D eigenvalue weighted by Gasteiger charge is -2.02. The molecular formula is C12H15BrO2S. The van der Waals surface area contributed by atoms with Gasteiger partial charge in [0, 0.05) is 10.2 Å². The number of carbonyl (C=O) groups is 1. The fourth-order valence-electron chi connectivity index (χ4n) is 1.19. The number of hydrogen-bond acceptors (Lipinski definition) is 3. The van der Waals surface area contributed by atoms with Crippen LogP contribution in [0.25, 0.3) is 0 Å². The third-order valence-electron chi connectivity index (χ3n) is 2.07. The highest BCUT2D eigenvalue weighted by Crippen LogP contribution is 2.20. The summed E-state index contributed by atoms with van der Waals surface area (Å²) < 4.78 is 4.64. The molecule has 0 fully saturated rings. The van der Waals surface area contributed by atoms with Crippen molar-refractivity contribution in [3.05, 3.63) is 29.8 Å². The molecule has 0 unspecified atom stereocenters. The Morgan fingerprint density at radius 3 is 2.56 bits per heavy atom. The summed E-state index contributed by atoms with van der Waals surface area (Å²) in [4.78, 5) is 12.4. The van der Waals surface area contributed by atoms with Crippen molar-refractivity contribution >= 4 is 33.7 Å². The quantitative estimate of drug-likeness (QED) is 0.346. The van der Waals surface area contributed by atoms with Crippen molar-refractivity contribution in [1.82, 2.24) is 0 Å². The van der Waals surface area contributed by atoms with Crippen LogP contribution in [0.1, 0.15) is 23.2 Å². The Morgan fingerprint density at radius 1 is 1.31 bits per heavy atom. The molecule has 0 amide bonds. The second-order valence-electron chi connectivity index (χ2n) is 3.26. The van der Waals surface area contributed by atoms with Gasteiger partial charge in [-0.05, 0) is 42.9 Å². The molecule has 0 radical (unpaired) electrons. The van der Waals surface area contributed by atoms with E-state index >= 15 is 0 Å². The van der Waals surface area contributed by atoms with Gasteiger partial charge in [-0.1, -0.05) is 15.9 Å². The fraction of sp³-hybridized carbons (Fsp3) is 0.417. The van der Waals surface area contributed by atoms with Gasteiger partial charge in [-0.25, -0.2) is 4.79 Å². The third kappa shape index (κ3) is 4.58. The number of halogens is 1. The molecule has 1 rings (SSSR count). The van der Waals surface area contributed by atoms with Crippen molar-refractivity contribution in [3.63, 3.8) is 0 Å². The number of rotatable bonds is 6. The second kappa shape index (κ2) is 7.74. The van der Waals surface area contributed by atoms with E-state index in [2.05, 4.69) is 20.7 Å². The van der Waals surface area contributed by atoms with Gasteiger partial charge in [0.25, 0.3) is 0 Å². The molecule has 1 aromatic carbocycles. The topological polar surface area (TPSA) is 26.3 Å². The Bertz CT molecular complexity index is 324. The van der Waals surface area contributed by atoms with E-state index in [1.807, 2.05) is 23.9 Å². The van der Waals surface area contributed by atoms with E-state index in [4.69, 9.17) is 0 Å². The lowest BCUT2D eigenvalue weighted by Crippen LogP contribution is -2.00. The van der Waals surface area contributed by atoms with Gasteiger partial charge >= 0.3 is 5.97 Å². The lowest BCUT2D eigenvalue weighted by atomic mass is 10.2. The average Bonchev–Trinajstić information content (AvgIpc) is 2.34. The molecule has 1 aromatic rings. The summed E-state index contributed by atoms with van der Waals surface area (Å²) in [6.45, 7) is 0. The summed E-state index contributed by atoms with van der Waals surface area (Å²) in [7, 11) is 1.39. The summed E-state index contributed by atoms with van der Waals surface area (Å²) in [6.07, 6.45) is 2.40. The molecule has 2 nitrogen and oxygen atoms in total. The van der Waals surface area contributed by atoms with Crippen LogP contribution in [0, 0.1) is 0 Å². The Labute approximate surface area is 109 Å². The maximum absolute atomic E-state index is 11.2. The molecule has 0 aliphatic carbocycles. The minimum Gasteiger partial charge on any atom is -0.465 e. The minimum atomic E-state index is -0.282. The highest BCUT2D eigenvalue weighted by Gasteiger charge is 2.04. The van der Waals surface area contributed by atoms with Gasteiger partial charge in [0.1, 0.15) is 0 Å². The molecular weight excluding hydrogens is 288 g/mol. The fourth-order valence-corrected chi connectivity index (χ4v) is 2.50. The van der Waals surface area contributed by atoms with E-state index in [0.29, 0.717) is 5.56 Å². The SMILES string of the molecule is COC(=O)c1ccc(SCCCCBr)cc1. The first kappa shape index (κ1) is 13.6. The molecule has 0 aromatic heterocycles. The molecule has 0 heterocycles. The molecule has 0 spiro atoms. The molecule has 88 valence electrons. The van der Waals surface area contributed by atoms with Crippen LogP contribution >= 0.6 is 27.7 Å². The van der Waals surface area contributed by atoms with Gasteiger partial charge in [-0.15, -0.1) is 11.8 Å². The van der Waals surface area contributed by atoms with Gasteiger partial charge in [-0.2, -0.15) is 0 Å². The van der Waals surface area contributed by atoms with Crippen LogP contribution in [0.15, 0.2) is 29.2 Å². The molecule has 0 atom stereocenters. The van der Waals surface area contributed by atoms with E-state index in [-0.39, 0.29) is 5.97 Å². The highest BCUT2D eigenvalue weighted by atomic mass is 79.9. The smallest absolute Gasteiger partial charge is 0.337 e. The van der Waals surface area contributed by atoms with E-state index in [1.165, 1.54) is 24.8 Å². The molecule has 0 aliphatic heterocycles. The number of hydrogen-bond donors (Lipinski definition) is 0. The maximum Gasteiger partial charge on any atom is 0.337 e. The van der Waals surface area contributed by atoms with Gasteiger partial charge in [0.05, 0.1) is 12.7 Å². The van der Waals surface area contributed by atoms with Crippen molar-refractivity contribution in [3.8, 4) is 0 Å². The number of thioether (sulfide) groups is 1. The van der Waals surface area contributed by atoms with E-state index < -0.39 is 0 Å². The Morgan fingerprint density at radius 2 is 2.00 bits per heavy atom. The normalized spacial score (nSPS) is 10.1. The van der Waals surface area contributed by atoms with E-state index in [9.17, 15) is 4.79 Å². The number of ether oxygens (including phenoxy) is 1. The molecule has 0 N–H and O–H groups in total. The van der Waals surface area contributed by atoms with Crippen molar-refractivity contribution in [1.29, 1.82) is 0 Å². The van der Waals surface area contributed by atoms with Crippen LogP contribution < -0.4 is 0 Å². The average molecular weight is 303 g/mol. The zero-order valence-corrected chi connectivity index (χ0v) is 11.6.